The number of hydrogen-bond donors (Lipinski definition) is 0. The second-order valence-corrected chi connectivity index (χ2v) is 10.0. The molecule has 40 heavy (non-hydrogen) atoms. The van der Waals surface area contributed by atoms with E-state index < -0.39 is 0 Å². The fourth-order valence-corrected chi connectivity index (χ4v) is 5.85. The summed E-state index contributed by atoms with van der Waals surface area (Å²) < 4.78 is 6.52. The van der Waals surface area contributed by atoms with Crippen molar-refractivity contribution in [3.05, 3.63) is 146 Å². The van der Waals surface area contributed by atoms with E-state index in [1.807, 2.05) is 36.7 Å². The molecule has 2 heterocycles. The van der Waals surface area contributed by atoms with E-state index in [4.69, 9.17) is 9.40 Å². The molecule has 188 valence electrons. The fraction of sp³-hybridized carbons (Fsp3) is 0. The van der Waals surface area contributed by atoms with E-state index >= 15 is 0 Å². The first kappa shape index (κ1) is 22.6. The summed E-state index contributed by atoms with van der Waals surface area (Å²) in [6, 6.07) is 46.9. The Morgan fingerprint density at radius 3 is 1.95 bits per heavy atom. The molecule has 0 saturated carbocycles. The van der Waals surface area contributed by atoms with Gasteiger partial charge in [-0.1, -0.05) is 109 Å². The number of anilines is 3. The minimum absolute atomic E-state index is 0.820. The number of hydrogen-bond acceptors (Lipinski definition) is 3. The first-order valence-corrected chi connectivity index (χ1v) is 13.5. The molecule has 0 bridgehead atoms. The monoisotopic (exact) mass is 512 g/mol. The molecule has 3 nitrogen and oxygen atoms in total. The van der Waals surface area contributed by atoms with Crippen molar-refractivity contribution in [2.45, 2.75) is 0 Å². The average Bonchev–Trinajstić information content (AvgIpc) is 3.42. The number of aromatic nitrogens is 1. The van der Waals surface area contributed by atoms with Crippen LogP contribution in [0.25, 0.3) is 54.6 Å². The van der Waals surface area contributed by atoms with E-state index in [9.17, 15) is 0 Å². The molecule has 0 unspecified atom stereocenters. The van der Waals surface area contributed by atoms with Gasteiger partial charge in [-0.2, -0.15) is 0 Å². The summed E-state index contributed by atoms with van der Waals surface area (Å²) in [5.41, 5.74) is 7.06. The number of nitrogens with zero attached hydrogens (tertiary/aromatic N) is 2. The predicted octanol–water partition coefficient (Wildman–Crippen LogP) is 10.4. The van der Waals surface area contributed by atoms with E-state index in [-0.39, 0.29) is 0 Å². The van der Waals surface area contributed by atoms with E-state index in [0.717, 1.165) is 39.0 Å². The van der Waals surface area contributed by atoms with Crippen LogP contribution in [0.15, 0.2) is 150 Å². The molecule has 0 aliphatic carbocycles. The second kappa shape index (κ2) is 9.11. The molecule has 0 aliphatic heterocycles. The van der Waals surface area contributed by atoms with Crippen molar-refractivity contribution in [1.82, 2.24) is 4.98 Å². The van der Waals surface area contributed by atoms with Crippen LogP contribution in [-0.2, 0) is 0 Å². The van der Waals surface area contributed by atoms with Gasteiger partial charge in [0, 0.05) is 28.0 Å². The zero-order valence-electron chi connectivity index (χ0n) is 21.7. The van der Waals surface area contributed by atoms with Crippen LogP contribution in [0, 0.1) is 0 Å². The molecule has 0 atom stereocenters. The number of fused-ring (bicyclic) bond motifs is 6. The molecule has 0 aliphatic rings. The maximum Gasteiger partial charge on any atom is 0.162 e. The fourth-order valence-electron chi connectivity index (χ4n) is 5.85. The molecule has 0 saturated heterocycles. The standard InChI is InChI=1S/C37H24N2O/c1-2-10-25(11-3-1)26-18-20-28(21-19-26)39(35-24-38-23-33-32-16-8-9-17-36(32)40-37(33)35)34-22-27-12-4-5-13-29(27)30-14-6-7-15-31(30)34/h1-24H. The van der Waals surface area contributed by atoms with Crippen LogP contribution in [0.4, 0.5) is 17.1 Å². The normalized spacial score (nSPS) is 11.5. The Kier molecular flexibility index (Phi) is 5.14. The minimum Gasteiger partial charge on any atom is -0.454 e. The van der Waals surface area contributed by atoms with Gasteiger partial charge in [0.05, 0.1) is 11.9 Å². The SMILES string of the molecule is c1ccc(-c2ccc(N(c3cc4ccccc4c4ccccc34)c3cncc4c3oc3ccccc34)cc2)cc1. The molecule has 3 heteroatoms. The molecular weight excluding hydrogens is 488 g/mol. The van der Waals surface area contributed by atoms with Crippen LogP contribution in [-0.4, -0.2) is 4.98 Å². The molecule has 0 amide bonds. The van der Waals surface area contributed by atoms with Gasteiger partial charge >= 0.3 is 0 Å². The van der Waals surface area contributed by atoms with Crippen LogP contribution in [0.2, 0.25) is 0 Å². The Morgan fingerprint density at radius 1 is 0.475 bits per heavy atom. The van der Waals surface area contributed by atoms with Crippen molar-refractivity contribution >= 4 is 60.5 Å². The van der Waals surface area contributed by atoms with Crippen LogP contribution in [0.3, 0.4) is 0 Å². The smallest absolute Gasteiger partial charge is 0.162 e. The summed E-state index contributed by atoms with van der Waals surface area (Å²) in [6.07, 6.45) is 3.82. The van der Waals surface area contributed by atoms with Gasteiger partial charge < -0.3 is 9.32 Å². The molecule has 8 rings (SSSR count). The van der Waals surface area contributed by atoms with Gasteiger partial charge in [-0.25, -0.2) is 0 Å². The van der Waals surface area contributed by atoms with Crippen molar-refractivity contribution in [2.24, 2.45) is 0 Å². The lowest BCUT2D eigenvalue weighted by atomic mass is 9.98. The van der Waals surface area contributed by atoms with E-state index in [2.05, 4.69) is 114 Å². The Balaban J connectivity index is 1.43. The van der Waals surface area contributed by atoms with E-state index in [1.54, 1.807) is 0 Å². The maximum atomic E-state index is 6.52. The highest BCUT2D eigenvalue weighted by Crippen LogP contribution is 2.45. The van der Waals surface area contributed by atoms with Gasteiger partial charge in [0.1, 0.15) is 11.3 Å². The maximum absolute atomic E-state index is 6.52. The van der Waals surface area contributed by atoms with E-state index in [0.29, 0.717) is 0 Å². The predicted molar refractivity (Wildman–Crippen MR) is 167 cm³/mol. The first-order valence-electron chi connectivity index (χ1n) is 13.5. The molecule has 0 fully saturated rings. The number of furan rings is 1. The molecule has 0 radical (unpaired) electrons. The average molecular weight is 513 g/mol. The van der Waals surface area contributed by atoms with Gasteiger partial charge in [0.2, 0.25) is 0 Å². The van der Waals surface area contributed by atoms with Gasteiger partial charge in [-0.05, 0) is 51.6 Å². The van der Waals surface area contributed by atoms with Crippen LogP contribution >= 0.6 is 0 Å². The zero-order chi connectivity index (χ0) is 26.5. The van der Waals surface area contributed by atoms with Gasteiger partial charge in [0.25, 0.3) is 0 Å². The minimum atomic E-state index is 0.820. The quantitative estimate of drug-likeness (QED) is 0.220. The number of pyridine rings is 1. The highest BCUT2D eigenvalue weighted by Gasteiger charge is 2.22. The third-order valence-electron chi connectivity index (χ3n) is 7.73. The van der Waals surface area contributed by atoms with Crippen molar-refractivity contribution in [1.29, 1.82) is 0 Å². The summed E-state index contributed by atoms with van der Waals surface area (Å²) in [6.45, 7) is 0. The summed E-state index contributed by atoms with van der Waals surface area (Å²) in [5, 5.41) is 6.87. The number of benzene rings is 6. The topological polar surface area (TPSA) is 29.3 Å². The Labute approximate surface area is 231 Å². The molecule has 0 N–H and O–H groups in total. The lowest BCUT2D eigenvalue weighted by Gasteiger charge is -2.27. The van der Waals surface area contributed by atoms with Gasteiger partial charge in [-0.15, -0.1) is 0 Å². The lowest BCUT2D eigenvalue weighted by Crippen LogP contribution is -2.11. The second-order valence-electron chi connectivity index (χ2n) is 10.0. The van der Waals surface area contributed by atoms with Crippen molar-refractivity contribution in [3.63, 3.8) is 0 Å². The highest BCUT2D eigenvalue weighted by atomic mass is 16.3. The molecule has 2 aromatic heterocycles. The summed E-state index contributed by atoms with van der Waals surface area (Å²) in [4.78, 5) is 7.01. The zero-order valence-corrected chi connectivity index (χ0v) is 21.7. The molecule has 8 aromatic rings. The van der Waals surface area contributed by atoms with Crippen molar-refractivity contribution < 1.29 is 4.42 Å². The lowest BCUT2D eigenvalue weighted by molar-refractivity contribution is 0.668. The third kappa shape index (κ3) is 3.56. The highest BCUT2D eigenvalue weighted by molar-refractivity contribution is 6.16. The molecular formula is C37H24N2O. The summed E-state index contributed by atoms with van der Waals surface area (Å²) >= 11 is 0. The largest absolute Gasteiger partial charge is 0.454 e. The van der Waals surface area contributed by atoms with Crippen molar-refractivity contribution in [3.8, 4) is 11.1 Å². The van der Waals surface area contributed by atoms with E-state index in [1.165, 1.54) is 32.7 Å². The van der Waals surface area contributed by atoms with Crippen LogP contribution in [0.5, 0.6) is 0 Å². The summed E-state index contributed by atoms with van der Waals surface area (Å²) in [5.74, 6) is 0. The first-order chi connectivity index (χ1) is 19.8. The molecule has 0 spiro atoms. The Bertz CT molecular complexity index is 2160. The Morgan fingerprint density at radius 2 is 1.12 bits per heavy atom. The van der Waals surface area contributed by atoms with Crippen molar-refractivity contribution in [2.75, 3.05) is 4.90 Å². The van der Waals surface area contributed by atoms with Crippen LogP contribution in [0.1, 0.15) is 0 Å². The van der Waals surface area contributed by atoms with Gasteiger partial charge in [-0.3, -0.25) is 4.98 Å². The Hall–Kier alpha value is -5.41. The number of para-hydroxylation sites is 1. The molecule has 6 aromatic carbocycles. The van der Waals surface area contributed by atoms with Gasteiger partial charge in [0.15, 0.2) is 5.58 Å². The number of rotatable bonds is 4. The summed E-state index contributed by atoms with van der Waals surface area (Å²) in [7, 11) is 0. The van der Waals surface area contributed by atoms with Crippen LogP contribution < -0.4 is 4.90 Å². The third-order valence-corrected chi connectivity index (χ3v) is 7.73.